The summed E-state index contributed by atoms with van der Waals surface area (Å²) in [5.74, 6) is -1.19. The Balaban J connectivity index is 0.000000178. The van der Waals surface area contributed by atoms with Crippen molar-refractivity contribution >= 4 is 34.0 Å². The molecular formula is C31H40N6O8. The summed E-state index contributed by atoms with van der Waals surface area (Å²) in [4.78, 5) is 32.0. The number of carbonyl (C=O) groups excluding carboxylic acids is 1. The molecule has 0 amide bonds. The fraction of sp³-hybridized carbons (Fsp3) is 0.548. The van der Waals surface area contributed by atoms with Crippen molar-refractivity contribution in [1.82, 2.24) is 29.5 Å². The maximum Gasteiger partial charge on any atom is 0.343 e. The highest BCUT2D eigenvalue weighted by Gasteiger charge is 2.23. The minimum absolute atomic E-state index is 0.0466. The topological polar surface area (TPSA) is 162 Å². The third kappa shape index (κ3) is 7.68. The summed E-state index contributed by atoms with van der Waals surface area (Å²) in [7, 11) is 1.34. The minimum atomic E-state index is -1.06. The van der Waals surface area contributed by atoms with Crippen molar-refractivity contribution < 1.29 is 38.4 Å². The van der Waals surface area contributed by atoms with Gasteiger partial charge in [-0.2, -0.15) is 9.97 Å². The Morgan fingerprint density at radius 2 is 1.27 bits per heavy atom. The maximum absolute atomic E-state index is 12.0. The van der Waals surface area contributed by atoms with Gasteiger partial charge in [0.2, 0.25) is 11.8 Å². The van der Waals surface area contributed by atoms with Crippen molar-refractivity contribution in [3.8, 4) is 11.8 Å². The van der Waals surface area contributed by atoms with Gasteiger partial charge in [0.1, 0.15) is 23.6 Å². The number of nitrogens with zero attached hydrogens (tertiary/aromatic N) is 6. The number of carboxylic acid groups (broad SMARTS) is 1. The molecule has 14 nitrogen and oxygen atoms in total. The van der Waals surface area contributed by atoms with Crippen LogP contribution < -0.4 is 9.47 Å². The molecule has 6 rings (SSSR count). The number of aromatic carboxylic acids is 1. The van der Waals surface area contributed by atoms with E-state index in [1.165, 1.54) is 7.11 Å². The lowest BCUT2D eigenvalue weighted by Crippen LogP contribution is -2.18. The van der Waals surface area contributed by atoms with Gasteiger partial charge in [-0.25, -0.2) is 19.0 Å². The van der Waals surface area contributed by atoms with Gasteiger partial charge in [-0.15, -0.1) is 10.2 Å². The van der Waals surface area contributed by atoms with Gasteiger partial charge in [0.15, 0.2) is 11.3 Å². The quantitative estimate of drug-likeness (QED) is 0.252. The number of fused-ring (bicyclic) bond motifs is 2. The van der Waals surface area contributed by atoms with Crippen LogP contribution in [0, 0.1) is 0 Å². The Kier molecular flexibility index (Phi) is 10.1. The van der Waals surface area contributed by atoms with Crippen LogP contribution in [-0.4, -0.2) is 79.1 Å². The number of methoxy groups -OCH3 is 1. The first-order valence-electron chi connectivity index (χ1n) is 15.3. The Hall–Kier alpha value is -4.30. The monoisotopic (exact) mass is 624 g/mol. The third-order valence-electron chi connectivity index (χ3n) is 7.19. The summed E-state index contributed by atoms with van der Waals surface area (Å²) < 4.78 is 30.9. The number of hydrogen-bond donors (Lipinski definition) is 1. The molecule has 0 spiro atoms. The summed E-state index contributed by atoms with van der Waals surface area (Å²) >= 11 is 0. The third-order valence-corrected chi connectivity index (χ3v) is 7.19. The first-order chi connectivity index (χ1) is 21.6. The highest BCUT2D eigenvalue weighted by atomic mass is 16.5. The molecule has 6 heterocycles. The average Bonchev–Trinajstić information content (AvgIpc) is 3.64. The number of carbonyl (C=O) groups is 2. The van der Waals surface area contributed by atoms with E-state index in [0.29, 0.717) is 22.2 Å². The van der Waals surface area contributed by atoms with E-state index in [2.05, 4.69) is 20.2 Å². The van der Waals surface area contributed by atoms with Crippen molar-refractivity contribution in [2.45, 2.75) is 90.9 Å². The lowest BCUT2D eigenvalue weighted by atomic mass is 10.2. The second-order valence-electron chi connectivity index (χ2n) is 11.5. The number of rotatable bonds is 8. The van der Waals surface area contributed by atoms with E-state index in [0.717, 1.165) is 57.1 Å². The Bertz CT molecular complexity index is 1640. The SMILES string of the molecule is CC(C)Oc1nc2nn(C3CCCCO3)cc2cc1C(=O)O.COC(=O)c1cc2cn(C3CCCCO3)nc2nc1OC(C)C. The molecule has 2 saturated heterocycles. The minimum Gasteiger partial charge on any atom is -0.477 e. The second-order valence-corrected chi connectivity index (χ2v) is 11.5. The van der Waals surface area contributed by atoms with E-state index >= 15 is 0 Å². The van der Waals surface area contributed by atoms with E-state index in [1.54, 1.807) is 27.7 Å². The molecule has 0 bridgehead atoms. The van der Waals surface area contributed by atoms with Crippen molar-refractivity contribution in [2.24, 2.45) is 0 Å². The number of hydrogen-bond acceptors (Lipinski definition) is 11. The largest absolute Gasteiger partial charge is 0.477 e. The zero-order chi connectivity index (χ0) is 32.1. The van der Waals surface area contributed by atoms with Crippen LogP contribution in [0.5, 0.6) is 11.8 Å². The van der Waals surface area contributed by atoms with Gasteiger partial charge in [-0.05, 0) is 78.4 Å². The lowest BCUT2D eigenvalue weighted by Gasteiger charge is -2.22. The first-order valence-corrected chi connectivity index (χ1v) is 15.3. The molecule has 4 aromatic rings. The molecule has 242 valence electrons. The van der Waals surface area contributed by atoms with Crippen LogP contribution in [0.2, 0.25) is 0 Å². The highest BCUT2D eigenvalue weighted by Crippen LogP contribution is 2.29. The van der Waals surface area contributed by atoms with Crippen molar-refractivity contribution in [3.05, 3.63) is 35.7 Å². The molecule has 2 unspecified atom stereocenters. The van der Waals surface area contributed by atoms with Gasteiger partial charge in [0.25, 0.3) is 0 Å². The molecule has 2 aliphatic rings. The molecule has 2 atom stereocenters. The van der Waals surface area contributed by atoms with Gasteiger partial charge < -0.3 is 28.8 Å². The highest BCUT2D eigenvalue weighted by molar-refractivity contribution is 5.96. The van der Waals surface area contributed by atoms with Crippen LogP contribution in [0.3, 0.4) is 0 Å². The van der Waals surface area contributed by atoms with Gasteiger partial charge >= 0.3 is 11.9 Å². The smallest absolute Gasteiger partial charge is 0.343 e. The van der Waals surface area contributed by atoms with Crippen LogP contribution >= 0.6 is 0 Å². The van der Waals surface area contributed by atoms with E-state index < -0.39 is 11.9 Å². The number of carboxylic acids is 1. The molecule has 0 aromatic carbocycles. The predicted octanol–water partition coefficient (Wildman–Crippen LogP) is 5.32. The first kappa shape index (κ1) is 32.1. The predicted molar refractivity (Wildman–Crippen MR) is 163 cm³/mol. The summed E-state index contributed by atoms with van der Waals surface area (Å²) in [6.07, 6.45) is 9.36. The second kappa shape index (κ2) is 14.2. The molecule has 1 N–H and O–H groups in total. The van der Waals surface area contributed by atoms with Gasteiger partial charge in [0.05, 0.1) is 19.3 Å². The Morgan fingerprint density at radius 1 is 0.800 bits per heavy atom. The Labute approximate surface area is 260 Å². The number of pyridine rings is 2. The molecular weight excluding hydrogens is 584 g/mol. The molecule has 2 aliphatic heterocycles. The number of ether oxygens (including phenoxy) is 5. The van der Waals surface area contributed by atoms with E-state index in [-0.39, 0.29) is 42.0 Å². The molecule has 0 aliphatic carbocycles. The fourth-order valence-electron chi connectivity index (χ4n) is 5.11. The molecule has 4 aromatic heterocycles. The standard InChI is InChI=1S/C16H21N3O4.C15H19N3O4/c1-10(2)23-15-12(16(20)21-3)8-11-9-19(18-14(11)17-15)13-6-4-5-7-22-13;1-9(2)22-14-11(15(19)20)7-10-8-18(17-13(10)16-14)12-5-3-4-6-21-12/h8-10,13H,4-7H2,1-3H3;7-9,12H,3-6H2,1-2H3,(H,19,20). The van der Waals surface area contributed by atoms with Gasteiger partial charge in [0, 0.05) is 36.4 Å². The van der Waals surface area contributed by atoms with Crippen LogP contribution in [0.1, 0.15) is 99.4 Å². The summed E-state index contributed by atoms with van der Waals surface area (Å²) in [5.41, 5.74) is 1.35. The molecule has 0 saturated carbocycles. The van der Waals surface area contributed by atoms with Crippen LogP contribution in [0.15, 0.2) is 24.5 Å². The van der Waals surface area contributed by atoms with E-state index in [1.807, 2.05) is 33.9 Å². The molecule has 45 heavy (non-hydrogen) atoms. The Morgan fingerprint density at radius 3 is 1.67 bits per heavy atom. The fourth-order valence-corrected chi connectivity index (χ4v) is 5.11. The van der Waals surface area contributed by atoms with Crippen LogP contribution in [0.4, 0.5) is 0 Å². The zero-order valence-corrected chi connectivity index (χ0v) is 26.3. The normalized spacial score (nSPS) is 18.6. The molecule has 2 fully saturated rings. The zero-order valence-electron chi connectivity index (χ0n) is 26.3. The summed E-state index contributed by atoms with van der Waals surface area (Å²) in [6.45, 7) is 8.86. The van der Waals surface area contributed by atoms with Gasteiger partial charge in [-0.3, -0.25) is 0 Å². The van der Waals surface area contributed by atoms with Crippen molar-refractivity contribution in [1.29, 1.82) is 0 Å². The van der Waals surface area contributed by atoms with E-state index in [4.69, 9.17) is 23.7 Å². The van der Waals surface area contributed by atoms with Crippen molar-refractivity contribution in [3.63, 3.8) is 0 Å². The lowest BCUT2D eigenvalue weighted by molar-refractivity contribution is -0.0392. The van der Waals surface area contributed by atoms with Gasteiger partial charge in [-0.1, -0.05) is 0 Å². The van der Waals surface area contributed by atoms with E-state index in [9.17, 15) is 14.7 Å². The number of aromatic nitrogens is 6. The molecule has 0 radical (unpaired) electrons. The van der Waals surface area contributed by atoms with Crippen LogP contribution in [0.25, 0.3) is 22.1 Å². The van der Waals surface area contributed by atoms with Crippen LogP contribution in [-0.2, 0) is 14.2 Å². The number of esters is 1. The molecule has 14 heteroatoms. The maximum atomic E-state index is 12.0. The van der Waals surface area contributed by atoms with Crippen molar-refractivity contribution in [2.75, 3.05) is 20.3 Å². The summed E-state index contributed by atoms with van der Waals surface area (Å²) in [5, 5.41) is 19.6. The average molecular weight is 625 g/mol. The summed E-state index contributed by atoms with van der Waals surface area (Å²) in [6, 6.07) is 3.26.